The zero-order valence-corrected chi connectivity index (χ0v) is 26.8. The molecule has 11 rings (SSSR count). The van der Waals surface area contributed by atoms with Crippen molar-refractivity contribution in [3.8, 4) is 22.3 Å². The second-order valence-electron chi connectivity index (χ2n) is 13.5. The van der Waals surface area contributed by atoms with E-state index in [1.165, 1.54) is 98.0 Å². The number of rotatable bonds is 2. The fourth-order valence-corrected chi connectivity index (χ4v) is 8.67. The standard InChI is InChI=1S/C48H30O/c1-2-12-30-27-46-44(25-29(30)11-1)38-24-22-32(28-45(38)49-46)48-41-19-9-7-17-39(41)47(40-18-8-10-20-42(40)48)31-21-23-37-35-15-4-3-13-33(35)34-14-5-6-16-36(34)43(37)26-31/h2-10,12-28H,1,11H2. The molecule has 0 amide bonds. The third-order valence-corrected chi connectivity index (χ3v) is 10.9. The molecular formula is C48H30O. The summed E-state index contributed by atoms with van der Waals surface area (Å²) < 4.78 is 6.57. The minimum atomic E-state index is 0.935. The van der Waals surface area contributed by atoms with Gasteiger partial charge in [-0.1, -0.05) is 127 Å². The molecule has 0 fully saturated rings. The topological polar surface area (TPSA) is 13.1 Å². The van der Waals surface area contributed by atoms with Crippen LogP contribution < -0.4 is 0 Å². The highest BCUT2D eigenvalue weighted by molar-refractivity contribution is 6.27. The average Bonchev–Trinajstić information content (AvgIpc) is 3.52. The van der Waals surface area contributed by atoms with Crippen LogP contribution in [0.2, 0.25) is 0 Å². The Morgan fingerprint density at radius 3 is 1.43 bits per heavy atom. The maximum absolute atomic E-state index is 6.57. The van der Waals surface area contributed by atoms with Gasteiger partial charge in [-0.3, -0.25) is 0 Å². The molecule has 1 aromatic heterocycles. The van der Waals surface area contributed by atoms with Crippen molar-refractivity contribution in [2.75, 3.05) is 0 Å². The highest BCUT2D eigenvalue weighted by Gasteiger charge is 2.19. The van der Waals surface area contributed by atoms with E-state index < -0.39 is 0 Å². The second-order valence-corrected chi connectivity index (χ2v) is 13.5. The van der Waals surface area contributed by atoms with Gasteiger partial charge in [0.1, 0.15) is 11.2 Å². The minimum absolute atomic E-state index is 0.935. The van der Waals surface area contributed by atoms with Crippen molar-refractivity contribution < 1.29 is 4.42 Å². The Morgan fingerprint density at radius 2 is 0.837 bits per heavy atom. The Hall–Kier alpha value is -6.18. The van der Waals surface area contributed by atoms with Gasteiger partial charge in [-0.2, -0.15) is 0 Å². The quantitative estimate of drug-likeness (QED) is 0.138. The molecule has 228 valence electrons. The molecule has 0 spiro atoms. The average molecular weight is 623 g/mol. The van der Waals surface area contributed by atoms with E-state index in [9.17, 15) is 0 Å². The zero-order chi connectivity index (χ0) is 32.1. The number of hydrogen-bond donors (Lipinski definition) is 0. The van der Waals surface area contributed by atoms with Crippen LogP contribution >= 0.6 is 0 Å². The first-order valence-electron chi connectivity index (χ1n) is 17.2. The van der Waals surface area contributed by atoms with Gasteiger partial charge in [0.05, 0.1) is 0 Å². The molecule has 1 nitrogen and oxygen atoms in total. The van der Waals surface area contributed by atoms with Crippen LogP contribution in [0.15, 0.2) is 156 Å². The molecule has 0 radical (unpaired) electrons. The molecular weight excluding hydrogens is 593 g/mol. The normalized spacial score (nSPS) is 13.1. The predicted octanol–water partition coefficient (Wildman–Crippen LogP) is 13.6. The summed E-state index contributed by atoms with van der Waals surface area (Å²) in [5.74, 6) is 0. The van der Waals surface area contributed by atoms with Crippen molar-refractivity contribution in [2.24, 2.45) is 0 Å². The van der Waals surface area contributed by atoms with E-state index in [-0.39, 0.29) is 0 Å². The van der Waals surface area contributed by atoms with Crippen molar-refractivity contribution in [1.82, 2.24) is 0 Å². The highest BCUT2D eigenvalue weighted by Crippen LogP contribution is 2.46. The molecule has 1 heteroatoms. The molecule has 0 saturated heterocycles. The summed E-state index contributed by atoms with van der Waals surface area (Å²) in [6, 6.07) is 53.9. The van der Waals surface area contributed by atoms with E-state index in [4.69, 9.17) is 4.42 Å². The van der Waals surface area contributed by atoms with Crippen LogP contribution in [0.25, 0.3) is 104 Å². The van der Waals surface area contributed by atoms with E-state index in [0.29, 0.717) is 0 Å². The summed E-state index contributed by atoms with van der Waals surface area (Å²) in [6.07, 6.45) is 6.68. The molecule has 0 bridgehead atoms. The van der Waals surface area contributed by atoms with Crippen LogP contribution in [0.4, 0.5) is 0 Å². The predicted molar refractivity (Wildman–Crippen MR) is 209 cm³/mol. The van der Waals surface area contributed by atoms with Gasteiger partial charge >= 0.3 is 0 Å². The maximum atomic E-state index is 6.57. The summed E-state index contributed by atoms with van der Waals surface area (Å²) in [5, 5.41) is 15.2. The van der Waals surface area contributed by atoms with Gasteiger partial charge in [-0.05, 0) is 130 Å². The van der Waals surface area contributed by atoms with Crippen LogP contribution in [0.3, 0.4) is 0 Å². The van der Waals surface area contributed by atoms with Crippen LogP contribution in [0, 0.1) is 0 Å². The third kappa shape index (κ3) is 3.87. The lowest BCUT2D eigenvalue weighted by molar-refractivity contribution is 0.668. The van der Waals surface area contributed by atoms with Crippen LogP contribution in [0.1, 0.15) is 17.5 Å². The van der Waals surface area contributed by atoms with Crippen molar-refractivity contribution in [2.45, 2.75) is 12.8 Å². The highest BCUT2D eigenvalue weighted by atomic mass is 16.3. The van der Waals surface area contributed by atoms with Gasteiger partial charge in [0.2, 0.25) is 0 Å². The molecule has 10 aromatic rings. The number of aryl methyl sites for hydroxylation is 1. The van der Waals surface area contributed by atoms with E-state index in [2.05, 4.69) is 158 Å². The fourth-order valence-electron chi connectivity index (χ4n) is 8.67. The first-order chi connectivity index (χ1) is 24.3. The maximum Gasteiger partial charge on any atom is 0.136 e. The van der Waals surface area contributed by atoms with E-state index in [1.807, 2.05) is 0 Å². The Bertz CT molecular complexity index is 2950. The molecule has 0 atom stereocenters. The fraction of sp³-hybridized carbons (Fsp3) is 0.0417. The number of furan rings is 1. The first-order valence-corrected chi connectivity index (χ1v) is 17.2. The Kier molecular flexibility index (Phi) is 5.57. The lowest BCUT2D eigenvalue weighted by atomic mass is 9.85. The molecule has 0 unspecified atom stereocenters. The SMILES string of the molecule is C1=Cc2cc3oc4cc(-c5c6ccccc6c(-c6ccc7c8ccccc8c8ccccc8c7c6)c6ccccc56)ccc4c3cc2CC1. The zero-order valence-electron chi connectivity index (χ0n) is 26.8. The summed E-state index contributed by atoms with van der Waals surface area (Å²) >= 11 is 0. The van der Waals surface area contributed by atoms with Gasteiger partial charge in [-0.25, -0.2) is 0 Å². The molecule has 9 aromatic carbocycles. The van der Waals surface area contributed by atoms with E-state index in [0.717, 1.165) is 24.0 Å². The first kappa shape index (κ1) is 26.8. The summed E-state index contributed by atoms with van der Waals surface area (Å²) in [4.78, 5) is 0. The van der Waals surface area contributed by atoms with Crippen molar-refractivity contribution in [1.29, 1.82) is 0 Å². The summed E-state index contributed by atoms with van der Waals surface area (Å²) in [7, 11) is 0. The lowest BCUT2D eigenvalue weighted by Gasteiger charge is -2.18. The lowest BCUT2D eigenvalue weighted by Crippen LogP contribution is -1.92. The van der Waals surface area contributed by atoms with Crippen LogP contribution in [-0.2, 0) is 6.42 Å². The van der Waals surface area contributed by atoms with Gasteiger partial charge in [0.15, 0.2) is 0 Å². The van der Waals surface area contributed by atoms with Crippen molar-refractivity contribution in [3.63, 3.8) is 0 Å². The van der Waals surface area contributed by atoms with Gasteiger partial charge in [0, 0.05) is 10.8 Å². The Morgan fingerprint density at radius 1 is 0.367 bits per heavy atom. The van der Waals surface area contributed by atoms with Crippen molar-refractivity contribution in [3.05, 3.63) is 163 Å². The molecule has 0 aliphatic heterocycles. The number of allylic oxidation sites excluding steroid dienone is 1. The minimum Gasteiger partial charge on any atom is -0.456 e. The van der Waals surface area contributed by atoms with Gasteiger partial charge in [0.25, 0.3) is 0 Å². The smallest absolute Gasteiger partial charge is 0.136 e. The Labute approximate surface area is 283 Å². The van der Waals surface area contributed by atoms with E-state index in [1.54, 1.807) is 0 Å². The number of benzene rings is 9. The third-order valence-electron chi connectivity index (χ3n) is 10.9. The molecule has 1 aliphatic carbocycles. The van der Waals surface area contributed by atoms with Crippen LogP contribution in [-0.4, -0.2) is 0 Å². The number of fused-ring (bicyclic) bond motifs is 12. The molecule has 0 saturated carbocycles. The largest absolute Gasteiger partial charge is 0.456 e. The molecule has 49 heavy (non-hydrogen) atoms. The van der Waals surface area contributed by atoms with Crippen molar-refractivity contribution >= 4 is 81.9 Å². The number of hydrogen-bond acceptors (Lipinski definition) is 1. The molecule has 1 heterocycles. The molecule has 0 N–H and O–H groups in total. The monoisotopic (exact) mass is 622 g/mol. The van der Waals surface area contributed by atoms with Gasteiger partial charge < -0.3 is 4.42 Å². The second kappa shape index (κ2) is 10.2. The van der Waals surface area contributed by atoms with E-state index >= 15 is 0 Å². The molecule has 1 aliphatic rings. The Balaban J connectivity index is 1.18. The van der Waals surface area contributed by atoms with Gasteiger partial charge in [-0.15, -0.1) is 0 Å². The summed E-state index contributed by atoms with van der Waals surface area (Å²) in [6.45, 7) is 0. The summed E-state index contributed by atoms with van der Waals surface area (Å²) in [5.41, 5.74) is 9.51. The van der Waals surface area contributed by atoms with Crippen LogP contribution in [0.5, 0.6) is 0 Å².